The Labute approximate surface area is 206 Å². The predicted molar refractivity (Wildman–Crippen MR) is 127 cm³/mol. The van der Waals surface area contributed by atoms with E-state index in [1.165, 1.54) is 18.3 Å². The van der Waals surface area contributed by atoms with E-state index >= 15 is 4.39 Å². The number of carbonyl (C=O) groups is 1. The van der Waals surface area contributed by atoms with Crippen molar-refractivity contribution >= 4 is 39.9 Å². The first-order valence-corrected chi connectivity index (χ1v) is 11.4. The number of nitrogens with zero attached hydrogens (tertiary/aromatic N) is 1. The van der Waals surface area contributed by atoms with Crippen LogP contribution in [0.5, 0.6) is 5.75 Å². The molecule has 2 aliphatic rings. The van der Waals surface area contributed by atoms with Gasteiger partial charge in [0.2, 0.25) is 5.43 Å². The number of aromatic carboxylic acids is 1. The third-order valence-corrected chi connectivity index (χ3v) is 6.63. The molecule has 1 atom stereocenters. The lowest BCUT2D eigenvalue weighted by Gasteiger charge is -2.31. The van der Waals surface area contributed by atoms with E-state index in [9.17, 15) is 27.9 Å². The number of aromatic nitrogens is 1. The van der Waals surface area contributed by atoms with Crippen molar-refractivity contribution in [2.24, 2.45) is 0 Å². The van der Waals surface area contributed by atoms with E-state index in [2.05, 4.69) is 10.6 Å². The number of anilines is 1. The Kier molecular flexibility index (Phi) is 5.47. The lowest BCUT2D eigenvalue weighted by Crippen LogP contribution is -2.39. The monoisotopic (exact) mass is 521 g/mol. The van der Waals surface area contributed by atoms with Crippen LogP contribution in [0.25, 0.3) is 10.9 Å². The maximum atomic E-state index is 15.5. The van der Waals surface area contributed by atoms with Crippen LogP contribution < -0.4 is 20.8 Å². The molecule has 3 N–H and O–H groups in total. The highest BCUT2D eigenvalue weighted by Gasteiger charge is 2.50. The number of benzene rings is 2. The topological polar surface area (TPSA) is 92.6 Å². The maximum Gasteiger partial charge on any atom is 0.416 e. The summed E-state index contributed by atoms with van der Waals surface area (Å²) in [6.45, 7) is 1.89. The summed E-state index contributed by atoms with van der Waals surface area (Å²) in [4.78, 5) is 24.4. The average molecular weight is 521 g/mol. The molecule has 1 aromatic heterocycles. The quantitative estimate of drug-likeness (QED) is 0.336. The van der Waals surface area contributed by atoms with Gasteiger partial charge in [-0.1, -0.05) is 6.07 Å². The van der Waals surface area contributed by atoms with Crippen LogP contribution in [0.15, 0.2) is 41.3 Å². The van der Waals surface area contributed by atoms with Gasteiger partial charge in [-0.15, -0.1) is 0 Å². The fourth-order valence-corrected chi connectivity index (χ4v) is 4.85. The number of thiocarbonyl (C=S) groups is 1. The van der Waals surface area contributed by atoms with Crippen molar-refractivity contribution in [3.05, 3.63) is 69.3 Å². The van der Waals surface area contributed by atoms with Crippen LogP contribution in [0.2, 0.25) is 0 Å². The number of nitrogens with one attached hydrogen (secondary N) is 2. The molecule has 36 heavy (non-hydrogen) atoms. The van der Waals surface area contributed by atoms with E-state index in [1.807, 2.05) is 0 Å². The Bertz CT molecular complexity index is 1500. The van der Waals surface area contributed by atoms with Gasteiger partial charge in [0.05, 0.1) is 33.6 Å². The predicted octanol–water partition coefficient (Wildman–Crippen LogP) is 4.79. The maximum absolute atomic E-state index is 15.5. The van der Waals surface area contributed by atoms with Gasteiger partial charge < -0.3 is 25.0 Å². The van der Waals surface area contributed by atoms with Crippen LogP contribution in [0, 0.1) is 5.82 Å². The standard InChI is InChI=1S/C24H19F4N3O4S/c1-11-10-35-20-17(16(25)8-14-18(20)31(11)9-15(19(14)32)21(33)34)23(5-6-23)30-22(36)29-13-4-2-3-12(7-13)24(26,27)28/h2-4,7-9,11H,5-6,10H2,1H3,(H,33,34)(H2,29,30,36). The van der Waals surface area contributed by atoms with Crippen molar-refractivity contribution in [1.29, 1.82) is 0 Å². The Balaban J connectivity index is 1.54. The zero-order valence-corrected chi connectivity index (χ0v) is 19.5. The van der Waals surface area contributed by atoms with E-state index in [0.29, 0.717) is 12.8 Å². The van der Waals surface area contributed by atoms with Gasteiger partial charge >= 0.3 is 12.1 Å². The van der Waals surface area contributed by atoms with Gasteiger partial charge in [-0.05, 0) is 56.2 Å². The van der Waals surface area contributed by atoms with Crippen molar-refractivity contribution in [2.75, 3.05) is 11.9 Å². The molecule has 2 aromatic carbocycles. The minimum atomic E-state index is -4.52. The number of carboxylic acid groups (broad SMARTS) is 1. The Hall–Kier alpha value is -3.67. The van der Waals surface area contributed by atoms with E-state index in [-0.39, 0.29) is 45.7 Å². The molecule has 0 bridgehead atoms. The zero-order valence-electron chi connectivity index (χ0n) is 18.7. The Morgan fingerprint density at radius 2 is 2.00 bits per heavy atom. The number of ether oxygens (including phenoxy) is 1. The Morgan fingerprint density at radius 1 is 1.28 bits per heavy atom. The molecule has 188 valence electrons. The molecule has 3 aromatic rings. The van der Waals surface area contributed by atoms with Crippen LogP contribution >= 0.6 is 12.2 Å². The largest absolute Gasteiger partial charge is 0.489 e. The molecule has 1 aliphatic heterocycles. The molecule has 1 fully saturated rings. The van der Waals surface area contributed by atoms with Gasteiger partial charge in [0.1, 0.15) is 18.0 Å². The summed E-state index contributed by atoms with van der Waals surface area (Å²) in [6, 6.07) is 5.21. The molecular formula is C24H19F4N3O4S. The molecule has 2 heterocycles. The second-order valence-corrected chi connectivity index (χ2v) is 9.35. The summed E-state index contributed by atoms with van der Waals surface area (Å²) in [7, 11) is 0. The lowest BCUT2D eigenvalue weighted by atomic mass is 9.97. The molecule has 7 nitrogen and oxygen atoms in total. The minimum absolute atomic E-state index is 0.0127. The molecule has 5 rings (SSSR count). The molecule has 12 heteroatoms. The lowest BCUT2D eigenvalue weighted by molar-refractivity contribution is -0.137. The van der Waals surface area contributed by atoms with Gasteiger partial charge in [0, 0.05) is 11.9 Å². The van der Waals surface area contributed by atoms with Crippen molar-refractivity contribution < 1.29 is 32.2 Å². The van der Waals surface area contributed by atoms with E-state index in [0.717, 1.165) is 18.2 Å². The zero-order chi connectivity index (χ0) is 26.0. The number of pyridine rings is 1. The summed E-state index contributed by atoms with van der Waals surface area (Å²) >= 11 is 5.32. The van der Waals surface area contributed by atoms with Crippen LogP contribution in [0.4, 0.5) is 23.2 Å². The summed E-state index contributed by atoms with van der Waals surface area (Å²) in [5.74, 6) is -2.07. The Morgan fingerprint density at radius 3 is 2.64 bits per heavy atom. The minimum Gasteiger partial charge on any atom is -0.489 e. The van der Waals surface area contributed by atoms with E-state index in [4.69, 9.17) is 17.0 Å². The van der Waals surface area contributed by atoms with Gasteiger partial charge in [0.25, 0.3) is 0 Å². The normalized spacial score (nSPS) is 17.9. The highest BCUT2D eigenvalue weighted by atomic mass is 32.1. The number of carboxylic acids is 1. The average Bonchev–Trinajstić information content (AvgIpc) is 3.56. The number of hydrogen-bond acceptors (Lipinski definition) is 4. The first-order valence-electron chi connectivity index (χ1n) is 11.0. The smallest absolute Gasteiger partial charge is 0.416 e. The third-order valence-electron chi connectivity index (χ3n) is 6.43. The van der Waals surface area contributed by atoms with E-state index < -0.39 is 40.1 Å². The van der Waals surface area contributed by atoms with Gasteiger partial charge in [-0.2, -0.15) is 13.2 Å². The molecule has 1 aliphatic carbocycles. The van der Waals surface area contributed by atoms with Crippen molar-refractivity contribution in [2.45, 2.75) is 37.5 Å². The van der Waals surface area contributed by atoms with Crippen LogP contribution in [0.3, 0.4) is 0 Å². The highest BCUT2D eigenvalue weighted by Crippen LogP contribution is 2.52. The molecule has 1 unspecified atom stereocenters. The molecule has 0 amide bonds. The van der Waals surface area contributed by atoms with Crippen molar-refractivity contribution in [3.63, 3.8) is 0 Å². The first kappa shape index (κ1) is 24.0. The van der Waals surface area contributed by atoms with Crippen molar-refractivity contribution in [1.82, 2.24) is 9.88 Å². The molecule has 0 spiro atoms. The van der Waals surface area contributed by atoms with Crippen LogP contribution in [-0.4, -0.2) is 27.4 Å². The molecule has 0 radical (unpaired) electrons. The summed E-state index contributed by atoms with van der Waals surface area (Å²) in [6.07, 6.45) is -2.39. The van der Waals surface area contributed by atoms with Gasteiger partial charge in [-0.3, -0.25) is 4.79 Å². The molecular weight excluding hydrogens is 502 g/mol. The van der Waals surface area contributed by atoms with Crippen molar-refractivity contribution in [3.8, 4) is 5.75 Å². The fourth-order valence-electron chi connectivity index (χ4n) is 4.54. The highest BCUT2D eigenvalue weighted by molar-refractivity contribution is 7.80. The second-order valence-electron chi connectivity index (χ2n) is 8.94. The second kappa shape index (κ2) is 8.19. The number of halogens is 4. The first-order chi connectivity index (χ1) is 16.9. The van der Waals surface area contributed by atoms with Gasteiger partial charge in [-0.25, -0.2) is 9.18 Å². The summed E-state index contributed by atoms with van der Waals surface area (Å²) < 4.78 is 62.1. The number of alkyl halides is 3. The fraction of sp³-hybridized carbons (Fsp3) is 0.292. The number of rotatable bonds is 4. The van der Waals surface area contributed by atoms with Crippen LogP contribution in [0.1, 0.15) is 47.3 Å². The van der Waals surface area contributed by atoms with Gasteiger partial charge in [0.15, 0.2) is 10.9 Å². The molecule has 0 saturated heterocycles. The molecule has 1 saturated carbocycles. The summed E-state index contributed by atoms with van der Waals surface area (Å²) in [5.41, 5.74) is -2.62. The van der Waals surface area contributed by atoms with E-state index in [1.54, 1.807) is 11.5 Å². The number of hydrogen-bond donors (Lipinski definition) is 3. The third kappa shape index (κ3) is 3.94. The summed E-state index contributed by atoms with van der Waals surface area (Å²) in [5, 5.41) is 15.0. The van der Waals surface area contributed by atoms with Crippen LogP contribution in [-0.2, 0) is 11.7 Å². The SMILES string of the molecule is CC1COc2c(C3(NC(=S)Nc4cccc(C(F)(F)F)c4)CC3)c(F)cc3c(=O)c(C(=O)O)cn1c23.